The van der Waals surface area contributed by atoms with Crippen molar-refractivity contribution in [1.82, 2.24) is 0 Å². The molecule has 0 aliphatic heterocycles. The zero-order valence-electron chi connectivity index (χ0n) is 7.75. The second kappa shape index (κ2) is 4.14. The van der Waals surface area contributed by atoms with Crippen LogP contribution in [0, 0.1) is 0 Å². The van der Waals surface area contributed by atoms with E-state index in [0.29, 0.717) is 0 Å². The van der Waals surface area contributed by atoms with Crippen molar-refractivity contribution < 1.29 is 21.6 Å². The smallest absolute Gasteiger partial charge is 0.398 e. The van der Waals surface area contributed by atoms with Crippen LogP contribution in [0.25, 0.3) is 0 Å². The fraction of sp³-hybridized carbons (Fsp3) is 0.250. The van der Waals surface area contributed by atoms with Crippen molar-refractivity contribution in [1.29, 1.82) is 0 Å². The van der Waals surface area contributed by atoms with Gasteiger partial charge in [0.15, 0.2) is 15.6 Å². The topological polar surface area (TPSA) is 60.2 Å². The van der Waals surface area contributed by atoms with E-state index in [1.165, 1.54) is 18.2 Å². The van der Waals surface area contributed by atoms with Gasteiger partial charge >= 0.3 is 6.18 Å². The van der Waals surface area contributed by atoms with Gasteiger partial charge in [-0.2, -0.15) is 13.2 Å². The molecule has 0 fully saturated rings. The highest BCUT2D eigenvalue weighted by Gasteiger charge is 2.37. The van der Waals surface area contributed by atoms with Crippen LogP contribution >= 0.6 is 11.6 Å². The van der Waals surface area contributed by atoms with Crippen LogP contribution in [-0.2, 0) is 9.84 Å². The molecule has 0 saturated heterocycles. The highest BCUT2D eigenvalue weighted by molar-refractivity contribution is 7.91. The maximum absolute atomic E-state index is 12.0. The Morgan fingerprint density at radius 3 is 2.31 bits per heavy atom. The number of hydrogen-bond donors (Lipinski definition) is 1. The van der Waals surface area contributed by atoms with Gasteiger partial charge in [0.05, 0.1) is 10.7 Å². The lowest BCUT2D eigenvalue weighted by atomic mass is 10.3. The molecule has 0 atom stereocenters. The van der Waals surface area contributed by atoms with E-state index >= 15 is 0 Å². The molecule has 8 heteroatoms. The zero-order valence-corrected chi connectivity index (χ0v) is 9.33. The lowest BCUT2D eigenvalue weighted by Gasteiger charge is -2.11. The normalized spacial score (nSPS) is 12.8. The van der Waals surface area contributed by atoms with Crippen molar-refractivity contribution in [2.75, 3.05) is 11.5 Å². The number of nitrogen functional groups attached to an aromatic ring is 1. The van der Waals surface area contributed by atoms with Gasteiger partial charge in [-0.15, -0.1) is 0 Å². The first kappa shape index (κ1) is 13.1. The number of rotatable bonds is 2. The Morgan fingerprint density at radius 2 is 1.88 bits per heavy atom. The van der Waals surface area contributed by atoms with E-state index < -0.39 is 26.7 Å². The predicted molar refractivity (Wildman–Crippen MR) is 54.0 cm³/mol. The summed E-state index contributed by atoms with van der Waals surface area (Å²) in [7, 11) is -4.56. The first-order valence-corrected chi connectivity index (χ1v) is 6.00. The average molecular weight is 274 g/mol. The standard InChI is InChI=1S/C8H7ClF3NO2S/c9-5-2-1-3-6(13)7(5)16(14,15)4-8(10,11)12/h1-3H,4,13H2. The molecule has 3 nitrogen and oxygen atoms in total. The van der Waals surface area contributed by atoms with Gasteiger partial charge in [0.1, 0.15) is 4.90 Å². The molecule has 90 valence electrons. The predicted octanol–water partition coefficient (Wildman–Crippen LogP) is 2.26. The van der Waals surface area contributed by atoms with Crippen LogP contribution in [0.15, 0.2) is 23.1 Å². The van der Waals surface area contributed by atoms with Crippen molar-refractivity contribution in [2.24, 2.45) is 0 Å². The Hall–Kier alpha value is -0.950. The molecule has 0 unspecified atom stereocenters. The molecule has 1 aromatic rings. The fourth-order valence-electron chi connectivity index (χ4n) is 1.14. The molecule has 0 radical (unpaired) electrons. The van der Waals surface area contributed by atoms with Crippen molar-refractivity contribution in [2.45, 2.75) is 11.1 Å². The summed E-state index contributed by atoms with van der Waals surface area (Å²) in [5.74, 6) is -1.98. The molecule has 0 aliphatic rings. The molecule has 0 aliphatic carbocycles. The number of alkyl halides is 3. The minimum absolute atomic E-state index is 0.295. The molecule has 0 spiro atoms. The van der Waals surface area contributed by atoms with Gasteiger partial charge in [0.2, 0.25) is 0 Å². The van der Waals surface area contributed by atoms with Crippen LogP contribution in [0.5, 0.6) is 0 Å². The summed E-state index contributed by atoms with van der Waals surface area (Å²) in [6.07, 6.45) is -4.83. The van der Waals surface area contributed by atoms with Gasteiger partial charge in [0, 0.05) is 0 Å². The number of halogens is 4. The number of benzene rings is 1. The minimum atomic E-state index is -4.83. The number of sulfone groups is 1. The Labute approximate surface area is 94.9 Å². The van der Waals surface area contributed by atoms with Crippen molar-refractivity contribution >= 4 is 27.1 Å². The summed E-state index contributed by atoms with van der Waals surface area (Å²) in [6, 6.07) is 3.70. The number of anilines is 1. The monoisotopic (exact) mass is 273 g/mol. The lowest BCUT2D eigenvalue weighted by Crippen LogP contribution is -2.23. The molecule has 0 saturated carbocycles. The molecule has 1 aromatic carbocycles. The van der Waals surface area contributed by atoms with E-state index in [2.05, 4.69) is 0 Å². The van der Waals surface area contributed by atoms with E-state index in [4.69, 9.17) is 17.3 Å². The minimum Gasteiger partial charge on any atom is -0.398 e. The zero-order chi connectivity index (χ0) is 12.6. The summed E-state index contributed by atoms with van der Waals surface area (Å²) in [5, 5.41) is -0.316. The highest BCUT2D eigenvalue weighted by Crippen LogP contribution is 2.31. The van der Waals surface area contributed by atoms with Crippen molar-refractivity contribution in [3.8, 4) is 0 Å². The maximum Gasteiger partial charge on any atom is 0.403 e. The molecule has 0 aromatic heterocycles. The molecule has 1 rings (SSSR count). The third-order valence-corrected chi connectivity index (χ3v) is 3.87. The Bertz CT molecular complexity index is 478. The van der Waals surface area contributed by atoms with Crippen LogP contribution in [0.1, 0.15) is 0 Å². The molecule has 2 N–H and O–H groups in total. The Balaban J connectivity index is 3.29. The van der Waals surface area contributed by atoms with Crippen molar-refractivity contribution in [3.05, 3.63) is 23.2 Å². The third-order valence-electron chi connectivity index (χ3n) is 1.66. The first-order valence-electron chi connectivity index (χ1n) is 3.97. The lowest BCUT2D eigenvalue weighted by molar-refractivity contribution is -0.106. The quantitative estimate of drug-likeness (QED) is 0.841. The van der Waals surface area contributed by atoms with Gasteiger partial charge in [0.25, 0.3) is 0 Å². The molecule has 0 bridgehead atoms. The van der Waals surface area contributed by atoms with E-state index in [0.717, 1.165) is 0 Å². The van der Waals surface area contributed by atoms with Gasteiger partial charge in [-0.25, -0.2) is 8.42 Å². The molecular weight excluding hydrogens is 267 g/mol. The van der Waals surface area contributed by atoms with Crippen LogP contribution in [0.2, 0.25) is 5.02 Å². The summed E-state index contributed by atoms with van der Waals surface area (Å²) in [6.45, 7) is 0. The van der Waals surface area contributed by atoms with Gasteiger partial charge in [-0.3, -0.25) is 0 Å². The van der Waals surface area contributed by atoms with Crippen LogP contribution in [0.3, 0.4) is 0 Å². The summed E-state index contributed by atoms with van der Waals surface area (Å²) < 4.78 is 58.9. The van der Waals surface area contributed by atoms with Crippen molar-refractivity contribution in [3.63, 3.8) is 0 Å². The SMILES string of the molecule is Nc1cccc(Cl)c1S(=O)(=O)CC(F)(F)F. The molecule has 0 heterocycles. The Kier molecular flexibility index (Phi) is 3.39. The van der Waals surface area contributed by atoms with Gasteiger partial charge in [-0.1, -0.05) is 17.7 Å². The second-order valence-corrected chi connectivity index (χ2v) is 5.37. The van der Waals surface area contributed by atoms with E-state index in [1.54, 1.807) is 0 Å². The summed E-state index contributed by atoms with van der Waals surface area (Å²) >= 11 is 5.52. The van der Waals surface area contributed by atoms with E-state index in [-0.39, 0.29) is 10.7 Å². The molecule has 0 amide bonds. The highest BCUT2D eigenvalue weighted by atomic mass is 35.5. The second-order valence-electron chi connectivity index (χ2n) is 3.03. The molecule has 16 heavy (non-hydrogen) atoms. The largest absolute Gasteiger partial charge is 0.403 e. The third kappa shape index (κ3) is 3.02. The van der Waals surface area contributed by atoms with E-state index in [9.17, 15) is 21.6 Å². The van der Waals surface area contributed by atoms with Crippen LogP contribution < -0.4 is 5.73 Å². The number of nitrogens with two attached hydrogens (primary N) is 1. The Morgan fingerprint density at radius 1 is 1.31 bits per heavy atom. The summed E-state index contributed by atoms with van der Waals surface area (Å²) in [5.41, 5.74) is 5.00. The molecular formula is C8H7ClF3NO2S. The fourth-order valence-corrected chi connectivity index (χ4v) is 3.04. The maximum atomic E-state index is 12.0. The number of hydrogen-bond acceptors (Lipinski definition) is 3. The summed E-state index contributed by atoms with van der Waals surface area (Å²) in [4.78, 5) is -0.672. The average Bonchev–Trinajstić information content (AvgIpc) is 1.97. The van der Waals surface area contributed by atoms with Crippen LogP contribution in [-0.4, -0.2) is 20.3 Å². The van der Waals surface area contributed by atoms with Gasteiger partial charge < -0.3 is 5.73 Å². The van der Waals surface area contributed by atoms with Gasteiger partial charge in [-0.05, 0) is 12.1 Å². The van der Waals surface area contributed by atoms with Crippen LogP contribution in [0.4, 0.5) is 18.9 Å². The van der Waals surface area contributed by atoms with E-state index in [1.807, 2.05) is 0 Å². The first-order chi connectivity index (χ1) is 7.13.